The first-order valence-corrected chi connectivity index (χ1v) is 13.0. The van der Waals surface area contributed by atoms with Gasteiger partial charge in [-0.25, -0.2) is 0 Å². The van der Waals surface area contributed by atoms with Crippen LogP contribution in [0.1, 0.15) is 106 Å². The molecule has 6 atom stereocenters. The maximum absolute atomic E-state index is 10.3. The van der Waals surface area contributed by atoms with Crippen molar-refractivity contribution in [1.82, 2.24) is 0 Å². The molecular formula is C29H46O. The third-order valence-corrected chi connectivity index (χ3v) is 10.2. The predicted molar refractivity (Wildman–Crippen MR) is 128 cm³/mol. The monoisotopic (exact) mass is 410 g/mol. The van der Waals surface area contributed by atoms with Gasteiger partial charge in [-0.2, -0.15) is 0 Å². The van der Waals surface area contributed by atoms with E-state index < -0.39 is 0 Å². The highest BCUT2D eigenvalue weighted by molar-refractivity contribution is 5.49. The van der Waals surface area contributed by atoms with Crippen molar-refractivity contribution in [3.8, 4) is 0 Å². The van der Waals surface area contributed by atoms with Gasteiger partial charge >= 0.3 is 0 Å². The first-order chi connectivity index (χ1) is 14.2. The van der Waals surface area contributed by atoms with E-state index in [2.05, 4.69) is 53.7 Å². The summed E-state index contributed by atoms with van der Waals surface area (Å²) >= 11 is 0. The van der Waals surface area contributed by atoms with E-state index in [-0.39, 0.29) is 6.10 Å². The average molecular weight is 411 g/mol. The Hall–Kier alpha value is -0.820. The molecule has 0 spiro atoms. The normalized spacial score (nSPS) is 40.1. The van der Waals surface area contributed by atoms with E-state index in [9.17, 15) is 5.11 Å². The summed E-state index contributed by atoms with van der Waals surface area (Å²) in [6.07, 6.45) is 17.3. The molecule has 1 nitrogen and oxygen atoms in total. The lowest BCUT2D eigenvalue weighted by atomic mass is 9.51. The van der Waals surface area contributed by atoms with E-state index >= 15 is 0 Å². The number of rotatable bonds is 5. The van der Waals surface area contributed by atoms with E-state index in [1.165, 1.54) is 51.4 Å². The molecule has 1 saturated carbocycles. The molecule has 0 radical (unpaired) electrons. The Kier molecular flexibility index (Phi) is 6.17. The maximum atomic E-state index is 10.3. The van der Waals surface area contributed by atoms with Crippen LogP contribution in [0.2, 0.25) is 0 Å². The fraction of sp³-hybridized carbons (Fsp3) is 0.793. The Morgan fingerprint density at radius 3 is 2.60 bits per heavy atom. The Morgan fingerprint density at radius 1 is 1.13 bits per heavy atom. The summed E-state index contributed by atoms with van der Waals surface area (Å²) in [5.41, 5.74) is 7.71. The minimum Gasteiger partial charge on any atom is -0.393 e. The van der Waals surface area contributed by atoms with E-state index in [1.54, 1.807) is 22.3 Å². The fourth-order valence-electron chi connectivity index (χ4n) is 8.09. The average Bonchev–Trinajstić information content (AvgIpc) is 3.06. The van der Waals surface area contributed by atoms with Gasteiger partial charge in [0, 0.05) is 0 Å². The molecule has 1 N–H and O–H groups in total. The molecule has 30 heavy (non-hydrogen) atoms. The van der Waals surface area contributed by atoms with Gasteiger partial charge in [0.05, 0.1) is 6.10 Å². The molecule has 0 aromatic heterocycles. The molecule has 1 fully saturated rings. The SMILES string of the molecule is C/C=C(/CC[C@@H](C)[C@H]1CC=C2C3=C(CC[C@@]21C)[C@@]1(C)CC[C@H](O)C[C@@H]1CC3)C(C)C. The standard InChI is InChI=1S/C29H46O/c1-7-21(19(2)3)9-8-20(4)25-12-13-26-24-11-10-22-18-23(30)14-16-28(22,5)27(24)15-17-29(25,26)6/h7,13,19-20,22-23,25,30H,8-12,14-18H2,1-6H3/b21-7-/t20-,22+,23+,25-,28+,29-/m1/s1. The van der Waals surface area contributed by atoms with E-state index in [1.807, 2.05) is 0 Å². The topological polar surface area (TPSA) is 20.2 Å². The molecule has 0 aliphatic heterocycles. The molecule has 0 heterocycles. The number of aliphatic hydroxyl groups is 1. The number of hydrogen-bond acceptors (Lipinski definition) is 1. The lowest BCUT2D eigenvalue weighted by Gasteiger charge is -2.54. The van der Waals surface area contributed by atoms with Crippen LogP contribution in [0, 0.1) is 34.5 Å². The summed E-state index contributed by atoms with van der Waals surface area (Å²) in [4.78, 5) is 0. The van der Waals surface area contributed by atoms with E-state index in [0.29, 0.717) is 22.7 Å². The summed E-state index contributed by atoms with van der Waals surface area (Å²) in [5.74, 6) is 2.99. The van der Waals surface area contributed by atoms with Gasteiger partial charge in [0.25, 0.3) is 0 Å². The van der Waals surface area contributed by atoms with Crippen molar-refractivity contribution >= 4 is 0 Å². The number of aliphatic hydroxyl groups excluding tert-OH is 1. The zero-order valence-electron chi connectivity index (χ0n) is 20.6. The van der Waals surface area contributed by atoms with Crippen molar-refractivity contribution in [2.24, 2.45) is 34.5 Å². The number of fused-ring (bicyclic) bond motifs is 4. The molecule has 0 aromatic rings. The van der Waals surface area contributed by atoms with Gasteiger partial charge in [-0.1, -0.05) is 57.9 Å². The molecule has 0 aromatic carbocycles. The molecule has 0 unspecified atom stereocenters. The summed E-state index contributed by atoms with van der Waals surface area (Å²) in [6, 6.07) is 0. The second-order valence-electron chi connectivity index (χ2n) is 12.0. The van der Waals surface area contributed by atoms with Crippen LogP contribution in [-0.2, 0) is 0 Å². The highest BCUT2D eigenvalue weighted by atomic mass is 16.3. The van der Waals surface area contributed by atoms with Crippen molar-refractivity contribution in [2.75, 3.05) is 0 Å². The molecule has 0 saturated heterocycles. The second kappa shape index (κ2) is 8.27. The Morgan fingerprint density at radius 2 is 1.90 bits per heavy atom. The quantitative estimate of drug-likeness (QED) is 0.455. The smallest absolute Gasteiger partial charge is 0.0543 e. The molecular weight excluding hydrogens is 364 g/mol. The van der Waals surface area contributed by atoms with Crippen LogP contribution in [-0.4, -0.2) is 11.2 Å². The highest BCUT2D eigenvalue weighted by Crippen LogP contribution is 2.64. The highest BCUT2D eigenvalue weighted by Gasteiger charge is 2.52. The van der Waals surface area contributed by atoms with Crippen LogP contribution in [0.25, 0.3) is 0 Å². The van der Waals surface area contributed by atoms with E-state index in [0.717, 1.165) is 24.7 Å². The van der Waals surface area contributed by atoms with Crippen molar-refractivity contribution in [3.63, 3.8) is 0 Å². The third kappa shape index (κ3) is 3.58. The lowest BCUT2D eigenvalue weighted by molar-refractivity contribution is 0.0225. The van der Waals surface area contributed by atoms with Gasteiger partial charge in [0.1, 0.15) is 0 Å². The second-order valence-corrected chi connectivity index (χ2v) is 12.0. The molecule has 1 heteroatoms. The minimum atomic E-state index is -0.0529. The van der Waals surface area contributed by atoms with Crippen LogP contribution in [0.5, 0.6) is 0 Å². The zero-order chi connectivity index (χ0) is 21.7. The lowest BCUT2D eigenvalue weighted by Crippen LogP contribution is -2.44. The summed E-state index contributed by atoms with van der Waals surface area (Å²) in [7, 11) is 0. The van der Waals surface area contributed by atoms with Crippen LogP contribution in [0.3, 0.4) is 0 Å². The summed E-state index contributed by atoms with van der Waals surface area (Å²) < 4.78 is 0. The van der Waals surface area contributed by atoms with Crippen LogP contribution in [0.15, 0.2) is 34.4 Å². The van der Waals surface area contributed by atoms with Gasteiger partial charge in [-0.15, -0.1) is 0 Å². The first kappa shape index (κ1) is 22.4. The first-order valence-electron chi connectivity index (χ1n) is 13.0. The number of allylic oxidation sites excluding steroid dienone is 6. The van der Waals surface area contributed by atoms with Crippen LogP contribution in [0.4, 0.5) is 0 Å². The third-order valence-electron chi connectivity index (χ3n) is 10.2. The van der Waals surface area contributed by atoms with Gasteiger partial charge in [-0.05, 0) is 117 Å². The Bertz CT molecular complexity index is 752. The zero-order valence-corrected chi connectivity index (χ0v) is 20.6. The van der Waals surface area contributed by atoms with Crippen LogP contribution < -0.4 is 0 Å². The molecule has 168 valence electrons. The van der Waals surface area contributed by atoms with Gasteiger partial charge in [0.2, 0.25) is 0 Å². The van der Waals surface area contributed by atoms with Crippen molar-refractivity contribution in [1.29, 1.82) is 0 Å². The maximum Gasteiger partial charge on any atom is 0.0543 e. The van der Waals surface area contributed by atoms with Crippen molar-refractivity contribution in [3.05, 3.63) is 34.4 Å². The van der Waals surface area contributed by atoms with Gasteiger partial charge in [-0.3, -0.25) is 0 Å². The van der Waals surface area contributed by atoms with Crippen LogP contribution >= 0.6 is 0 Å². The van der Waals surface area contributed by atoms with E-state index in [4.69, 9.17) is 0 Å². The summed E-state index contributed by atoms with van der Waals surface area (Å²) in [6.45, 7) is 14.6. The van der Waals surface area contributed by atoms with Gasteiger partial charge < -0.3 is 5.11 Å². The number of hydrogen-bond donors (Lipinski definition) is 1. The largest absolute Gasteiger partial charge is 0.393 e. The van der Waals surface area contributed by atoms with Crippen molar-refractivity contribution < 1.29 is 5.11 Å². The summed E-state index contributed by atoms with van der Waals surface area (Å²) in [5, 5.41) is 10.3. The molecule has 4 aliphatic carbocycles. The molecule has 4 rings (SSSR count). The molecule has 4 aliphatic rings. The molecule has 0 amide bonds. The van der Waals surface area contributed by atoms with Crippen molar-refractivity contribution in [2.45, 2.75) is 112 Å². The predicted octanol–water partition coefficient (Wildman–Crippen LogP) is 8.01. The minimum absolute atomic E-state index is 0.0529. The molecule has 0 bridgehead atoms. The van der Waals surface area contributed by atoms with Gasteiger partial charge in [0.15, 0.2) is 0 Å². The fourth-order valence-corrected chi connectivity index (χ4v) is 8.09. The Labute approximate surface area is 186 Å². The Balaban J connectivity index is 1.53.